The monoisotopic (exact) mass is 152 g/mol. The van der Waals surface area contributed by atoms with E-state index in [2.05, 4.69) is 11.7 Å². The van der Waals surface area contributed by atoms with Crippen molar-refractivity contribution in [3.63, 3.8) is 0 Å². The Labute approximate surface area is 66.3 Å². The molecule has 2 N–H and O–H groups in total. The quantitative estimate of drug-likeness (QED) is 0.366. The summed E-state index contributed by atoms with van der Waals surface area (Å²) in [6, 6.07) is 0. The predicted molar refractivity (Wildman–Crippen MR) is 46.3 cm³/mol. The van der Waals surface area contributed by atoms with Crippen LogP contribution in [0.15, 0.2) is 28.4 Å². The molecule has 0 radical (unpaired) electrons. The molecule has 3 nitrogen and oxygen atoms in total. The molecule has 11 heavy (non-hydrogen) atoms. The summed E-state index contributed by atoms with van der Waals surface area (Å²) >= 11 is 0. The van der Waals surface area contributed by atoms with E-state index in [1.54, 1.807) is 6.08 Å². The highest BCUT2D eigenvalue weighted by molar-refractivity contribution is 5.92. The zero-order valence-corrected chi connectivity index (χ0v) is 6.79. The largest absolute Gasteiger partial charge is 0.364 e. The molecule has 0 atom stereocenters. The molecule has 0 aromatic carbocycles. The topological polar surface area (TPSA) is 55.4 Å². The van der Waals surface area contributed by atoms with Crippen molar-refractivity contribution in [1.82, 2.24) is 0 Å². The van der Waals surface area contributed by atoms with Crippen LogP contribution in [0.2, 0.25) is 0 Å². The summed E-state index contributed by atoms with van der Waals surface area (Å²) in [7, 11) is 0. The van der Waals surface area contributed by atoms with E-state index in [4.69, 9.17) is 5.73 Å². The van der Waals surface area contributed by atoms with Crippen molar-refractivity contribution in [3.8, 4) is 0 Å². The normalized spacial score (nSPS) is 12.9. The molecular formula is C8H12N2O. The van der Waals surface area contributed by atoms with Gasteiger partial charge in [0.15, 0.2) is 0 Å². The first kappa shape index (κ1) is 9.62. The molecule has 0 rings (SSSR count). The molecule has 0 aliphatic heterocycles. The first-order valence-electron chi connectivity index (χ1n) is 3.23. The van der Waals surface area contributed by atoms with Gasteiger partial charge in [-0.05, 0) is 26.6 Å². The zero-order chi connectivity index (χ0) is 8.85. The lowest BCUT2D eigenvalue weighted by molar-refractivity contribution is -0.114. The maximum absolute atomic E-state index is 10.6. The van der Waals surface area contributed by atoms with Crippen LogP contribution in [0.5, 0.6) is 0 Å². The molecule has 0 bridgehead atoms. The Morgan fingerprint density at radius 3 is 2.45 bits per heavy atom. The smallest absolute Gasteiger partial charge is 0.267 e. The minimum Gasteiger partial charge on any atom is -0.364 e. The third-order valence-electron chi connectivity index (χ3n) is 1.24. The fourth-order valence-electron chi connectivity index (χ4n) is 0.494. The summed E-state index contributed by atoms with van der Waals surface area (Å²) in [6.45, 7) is 6.95. The number of aliphatic imine (C=N–C) groups is 1. The summed E-state index contributed by atoms with van der Waals surface area (Å²) < 4.78 is 0. The lowest BCUT2D eigenvalue weighted by atomic mass is 10.2. The average Bonchev–Trinajstić information content (AvgIpc) is 1.99. The summed E-state index contributed by atoms with van der Waals surface area (Å²) in [6.07, 6.45) is 3.45. The van der Waals surface area contributed by atoms with Gasteiger partial charge in [0, 0.05) is 0 Å². The lowest BCUT2D eigenvalue weighted by Crippen LogP contribution is -2.12. The Hall–Kier alpha value is -1.38. The number of primary amides is 1. The van der Waals surface area contributed by atoms with Gasteiger partial charge in [-0.1, -0.05) is 11.6 Å². The number of nitrogens with two attached hydrogens (primary N) is 1. The molecular weight excluding hydrogens is 140 g/mol. The summed E-state index contributed by atoms with van der Waals surface area (Å²) in [5.41, 5.74) is 6.11. The van der Waals surface area contributed by atoms with E-state index < -0.39 is 5.91 Å². The van der Waals surface area contributed by atoms with Crippen molar-refractivity contribution in [2.45, 2.75) is 13.8 Å². The maximum atomic E-state index is 10.6. The SMILES string of the molecule is C=N/C(=C\C(C)=C/C)C(N)=O. The van der Waals surface area contributed by atoms with Crippen molar-refractivity contribution < 1.29 is 4.79 Å². The average molecular weight is 152 g/mol. The van der Waals surface area contributed by atoms with Crippen molar-refractivity contribution in [2.75, 3.05) is 0 Å². The fourth-order valence-corrected chi connectivity index (χ4v) is 0.494. The molecule has 0 spiro atoms. The van der Waals surface area contributed by atoms with Crippen molar-refractivity contribution in [2.24, 2.45) is 10.7 Å². The highest BCUT2D eigenvalue weighted by atomic mass is 16.1. The Balaban J connectivity index is 4.62. The van der Waals surface area contributed by atoms with Gasteiger partial charge in [0.2, 0.25) is 0 Å². The minimum absolute atomic E-state index is 0.195. The highest BCUT2D eigenvalue weighted by Gasteiger charge is 1.99. The molecule has 0 saturated heterocycles. The summed E-state index contributed by atoms with van der Waals surface area (Å²) in [5, 5.41) is 0. The van der Waals surface area contributed by atoms with Crippen LogP contribution in [0.1, 0.15) is 13.8 Å². The van der Waals surface area contributed by atoms with Gasteiger partial charge >= 0.3 is 0 Å². The standard InChI is InChI=1S/C8H12N2O/c1-4-6(2)5-7(10-3)8(9)11/h4-5H,3H2,1-2H3,(H2,9,11)/b6-4-,7-5-. The summed E-state index contributed by atoms with van der Waals surface area (Å²) in [5.74, 6) is -0.554. The van der Waals surface area contributed by atoms with Crippen LogP contribution in [0, 0.1) is 0 Å². The Morgan fingerprint density at radius 2 is 2.18 bits per heavy atom. The molecule has 60 valence electrons. The number of nitrogens with zero attached hydrogens (tertiary/aromatic N) is 1. The van der Waals surface area contributed by atoms with Gasteiger partial charge in [0.1, 0.15) is 5.70 Å². The lowest BCUT2D eigenvalue weighted by Gasteiger charge is -1.93. The Morgan fingerprint density at radius 1 is 1.64 bits per heavy atom. The molecule has 0 aromatic rings. The highest BCUT2D eigenvalue weighted by Crippen LogP contribution is 2.01. The number of amides is 1. The number of carbonyl (C=O) groups is 1. The van der Waals surface area contributed by atoms with Crippen LogP contribution in [0.25, 0.3) is 0 Å². The van der Waals surface area contributed by atoms with E-state index in [1.807, 2.05) is 19.9 Å². The molecule has 3 heteroatoms. The second kappa shape index (κ2) is 4.44. The predicted octanol–water partition coefficient (Wildman–Crippen LogP) is 1.02. The molecule has 1 amide bonds. The van der Waals surface area contributed by atoms with Crippen LogP contribution in [-0.4, -0.2) is 12.6 Å². The Bertz CT molecular complexity index is 226. The second-order valence-electron chi connectivity index (χ2n) is 2.08. The maximum Gasteiger partial charge on any atom is 0.267 e. The molecule has 0 unspecified atom stereocenters. The van der Waals surface area contributed by atoms with Crippen molar-refractivity contribution in [1.29, 1.82) is 0 Å². The fraction of sp³-hybridized carbons (Fsp3) is 0.250. The van der Waals surface area contributed by atoms with Gasteiger partial charge in [-0.25, -0.2) is 0 Å². The van der Waals surface area contributed by atoms with E-state index in [0.29, 0.717) is 0 Å². The van der Waals surface area contributed by atoms with Gasteiger partial charge in [-0.2, -0.15) is 0 Å². The van der Waals surface area contributed by atoms with Crippen LogP contribution in [-0.2, 0) is 4.79 Å². The van der Waals surface area contributed by atoms with Crippen molar-refractivity contribution >= 4 is 12.6 Å². The number of carbonyl (C=O) groups excluding carboxylic acids is 1. The van der Waals surface area contributed by atoms with Crippen LogP contribution < -0.4 is 5.73 Å². The molecule has 0 aromatic heterocycles. The number of rotatable bonds is 3. The minimum atomic E-state index is -0.554. The third kappa shape index (κ3) is 3.35. The van der Waals surface area contributed by atoms with Crippen LogP contribution in [0.4, 0.5) is 0 Å². The van der Waals surface area contributed by atoms with Gasteiger partial charge < -0.3 is 5.73 Å². The summed E-state index contributed by atoms with van der Waals surface area (Å²) in [4.78, 5) is 14.0. The van der Waals surface area contributed by atoms with Gasteiger partial charge in [0.05, 0.1) is 0 Å². The van der Waals surface area contributed by atoms with Gasteiger partial charge in [0.25, 0.3) is 5.91 Å². The van der Waals surface area contributed by atoms with Crippen molar-refractivity contribution in [3.05, 3.63) is 23.4 Å². The van der Waals surface area contributed by atoms with E-state index in [1.165, 1.54) is 0 Å². The molecule has 0 saturated carbocycles. The van der Waals surface area contributed by atoms with Gasteiger partial charge in [-0.15, -0.1) is 0 Å². The number of hydrogen-bond acceptors (Lipinski definition) is 2. The van der Waals surface area contributed by atoms with Crippen LogP contribution in [0.3, 0.4) is 0 Å². The van der Waals surface area contributed by atoms with E-state index in [-0.39, 0.29) is 5.70 Å². The third-order valence-corrected chi connectivity index (χ3v) is 1.24. The molecule has 0 aliphatic carbocycles. The van der Waals surface area contributed by atoms with Crippen LogP contribution >= 0.6 is 0 Å². The first-order valence-corrected chi connectivity index (χ1v) is 3.23. The number of allylic oxidation sites excluding steroid dienone is 3. The Kier molecular flexibility index (Phi) is 3.88. The van der Waals surface area contributed by atoms with E-state index >= 15 is 0 Å². The number of hydrogen-bond donors (Lipinski definition) is 1. The van der Waals surface area contributed by atoms with Gasteiger partial charge in [-0.3, -0.25) is 9.79 Å². The molecule has 0 heterocycles. The van der Waals surface area contributed by atoms with E-state index in [0.717, 1.165) is 5.57 Å². The second-order valence-corrected chi connectivity index (χ2v) is 2.08. The van der Waals surface area contributed by atoms with E-state index in [9.17, 15) is 4.79 Å². The molecule has 0 fully saturated rings. The zero-order valence-electron chi connectivity index (χ0n) is 6.79. The first-order chi connectivity index (χ1) is 5.11. The molecule has 0 aliphatic rings.